The van der Waals surface area contributed by atoms with Gasteiger partial charge in [-0.1, -0.05) is 36.7 Å². The van der Waals surface area contributed by atoms with E-state index in [2.05, 4.69) is 12.2 Å². The molecular weight excluding hydrogens is 298 g/mol. The minimum Gasteiger partial charge on any atom is -0.481 e. The number of hydrogen-bond donors (Lipinski definition) is 1. The first kappa shape index (κ1) is 16.4. The number of halogens is 1. The summed E-state index contributed by atoms with van der Waals surface area (Å²) in [6.07, 6.45) is 0.385. The van der Waals surface area contributed by atoms with Gasteiger partial charge < -0.3 is 10.1 Å². The van der Waals surface area contributed by atoms with Crippen LogP contribution in [0.5, 0.6) is 5.75 Å². The monoisotopic (exact) mass is 317 g/mol. The van der Waals surface area contributed by atoms with Crippen molar-refractivity contribution >= 4 is 23.2 Å². The molecule has 0 aliphatic heterocycles. The molecule has 3 nitrogen and oxygen atoms in total. The minimum atomic E-state index is -0.592. The molecular formula is C18H20ClNO2. The summed E-state index contributed by atoms with van der Waals surface area (Å²) >= 11 is 5.96. The summed E-state index contributed by atoms with van der Waals surface area (Å²) in [7, 11) is 0. The summed E-state index contributed by atoms with van der Waals surface area (Å²) in [4.78, 5) is 12.2. The van der Waals surface area contributed by atoms with E-state index in [0.717, 1.165) is 12.0 Å². The average molecular weight is 318 g/mol. The van der Waals surface area contributed by atoms with Gasteiger partial charge in [0, 0.05) is 10.7 Å². The second-order valence-electron chi connectivity index (χ2n) is 5.21. The first-order chi connectivity index (χ1) is 10.5. The summed E-state index contributed by atoms with van der Waals surface area (Å²) in [5.41, 5.74) is 2.89. The number of aryl methyl sites for hydroxylation is 2. The molecule has 0 saturated heterocycles. The number of carbonyl (C=O) groups excluding carboxylic acids is 1. The van der Waals surface area contributed by atoms with Gasteiger partial charge in [-0.3, -0.25) is 4.79 Å². The van der Waals surface area contributed by atoms with Crippen molar-refractivity contribution in [2.75, 3.05) is 5.32 Å². The molecule has 2 aromatic carbocycles. The van der Waals surface area contributed by atoms with Crippen molar-refractivity contribution in [3.63, 3.8) is 0 Å². The molecule has 0 unspecified atom stereocenters. The van der Waals surface area contributed by atoms with Crippen LogP contribution in [0, 0.1) is 6.92 Å². The Kier molecular flexibility index (Phi) is 5.45. The van der Waals surface area contributed by atoms with Crippen molar-refractivity contribution in [1.82, 2.24) is 0 Å². The van der Waals surface area contributed by atoms with Gasteiger partial charge in [-0.25, -0.2) is 0 Å². The Bertz CT molecular complexity index is 653. The fraction of sp³-hybridized carbons (Fsp3) is 0.278. The second-order valence-corrected chi connectivity index (χ2v) is 5.64. The number of benzene rings is 2. The summed E-state index contributed by atoms with van der Waals surface area (Å²) in [6, 6.07) is 13.2. The van der Waals surface area contributed by atoms with Crippen LogP contribution in [-0.2, 0) is 11.2 Å². The predicted octanol–water partition coefficient (Wildman–Crippen LogP) is 4.62. The second kappa shape index (κ2) is 7.32. The van der Waals surface area contributed by atoms with Crippen molar-refractivity contribution in [3.8, 4) is 5.75 Å². The first-order valence-electron chi connectivity index (χ1n) is 7.32. The standard InChI is InChI=1S/C18H20ClNO2/c1-4-14-6-9-16(10-7-14)22-13(3)18(21)20-17-11-15(19)8-5-12(17)2/h5-11,13H,4H2,1-3H3,(H,20,21)/t13-/m1/s1. The van der Waals surface area contributed by atoms with Gasteiger partial charge in [-0.15, -0.1) is 0 Å². The predicted molar refractivity (Wildman–Crippen MR) is 90.7 cm³/mol. The zero-order valence-electron chi connectivity index (χ0n) is 13.0. The number of carbonyl (C=O) groups is 1. The molecule has 0 fully saturated rings. The molecule has 0 aromatic heterocycles. The third-order valence-corrected chi connectivity index (χ3v) is 3.71. The maximum atomic E-state index is 12.2. The van der Waals surface area contributed by atoms with Crippen LogP contribution in [0.3, 0.4) is 0 Å². The Hall–Kier alpha value is -2.00. The average Bonchev–Trinajstić information content (AvgIpc) is 2.51. The topological polar surface area (TPSA) is 38.3 Å². The third-order valence-electron chi connectivity index (χ3n) is 3.47. The van der Waals surface area contributed by atoms with E-state index in [1.54, 1.807) is 19.1 Å². The quantitative estimate of drug-likeness (QED) is 0.874. The van der Waals surface area contributed by atoms with Gasteiger partial charge in [0.1, 0.15) is 5.75 Å². The highest BCUT2D eigenvalue weighted by atomic mass is 35.5. The van der Waals surface area contributed by atoms with E-state index in [0.29, 0.717) is 16.5 Å². The molecule has 22 heavy (non-hydrogen) atoms. The number of ether oxygens (including phenoxy) is 1. The number of nitrogens with one attached hydrogen (secondary N) is 1. The van der Waals surface area contributed by atoms with E-state index in [1.807, 2.05) is 37.3 Å². The Morgan fingerprint density at radius 2 is 1.91 bits per heavy atom. The third kappa shape index (κ3) is 4.25. The van der Waals surface area contributed by atoms with E-state index < -0.39 is 6.10 Å². The summed E-state index contributed by atoms with van der Waals surface area (Å²) < 4.78 is 5.67. The number of hydrogen-bond acceptors (Lipinski definition) is 2. The molecule has 0 heterocycles. The lowest BCUT2D eigenvalue weighted by molar-refractivity contribution is -0.122. The van der Waals surface area contributed by atoms with Gasteiger partial charge >= 0.3 is 0 Å². The van der Waals surface area contributed by atoms with E-state index in [1.165, 1.54) is 5.56 Å². The molecule has 2 rings (SSSR count). The number of anilines is 1. The van der Waals surface area contributed by atoms with E-state index in [4.69, 9.17) is 16.3 Å². The lowest BCUT2D eigenvalue weighted by atomic mass is 10.2. The van der Waals surface area contributed by atoms with Crippen LogP contribution in [0.25, 0.3) is 0 Å². The highest BCUT2D eigenvalue weighted by molar-refractivity contribution is 6.31. The largest absolute Gasteiger partial charge is 0.481 e. The van der Waals surface area contributed by atoms with Crippen LogP contribution in [0.4, 0.5) is 5.69 Å². The Balaban J connectivity index is 2.00. The van der Waals surface area contributed by atoms with Gasteiger partial charge in [-0.05, 0) is 55.7 Å². The van der Waals surface area contributed by atoms with Gasteiger partial charge in [0.25, 0.3) is 5.91 Å². The molecule has 0 radical (unpaired) electrons. The van der Waals surface area contributed by atoms with Crippen LogP contribution in [0.1, 0.15) is 25.0 Å². The van der Waals surface area contributed by atoms with Gasteiger partial charge in [0.2, 0.25) is 0 Å². The lowest BCUT2D eigenvalue weighted by Crippen LogP contribution is -2.30. The molecule has 0 aliphatic rings. The molecule has 0 saturated carbocycles. The maximum absolute atomic E-state index is 12.2. The Labute approximate surface area is 136 Å². The van der Waals surface area contributed by atoms with Crippen LogP contribution in [0.2, 0.25) is 5.02 Å². The normalized spacial score (nSPS) is 11.8. The molecule has 4 heteroatoms. The molecule has 116 valence electrons. The molecule has 1 atom stereocenters. The SMILES string of the molecule is CCc1ccc(O[C@H](C)C(=O)Nc2cc(Cl)ccc2C)cc1. The fourth-order valence-corrected chi connectivity index (χ4v) is 2.20. The van der Waals surface area contributed by atoms with E-state index in [9.17, 15) is 4.79 Å². The fourth-order valence-electron chi connectivity index (χ4n) is 2.02. The smallest absolute Gasteiger partial charge is 0.265 e. The van der Waals surface area contributed by atoms with Gasteiger partial charge in [-0.2, -0.15) is 0 Å². The van der Waals surface area contributed by atoms with Crippen molar-refractivity contribution in [2.24, 2.45) is 0 Å². The highest BCUT2D eigenvalue weighted by Gasteiger charge is 2.15. The summed E-state index contributed by atoms with van der Waals surface area (Å²) in [5, 5.41) is 3.43. The van der Waals surface area contributed by atoms with Crippen LogP contribution in [-0.4, -0.2) is 12.0 Å². The van der Waals surface area contributed by atoms with Crippen LogP contribution >= 0.6 is 11.6 Å². The Morgan fingerprint density at radius 3 is 2.55 bits per heavy atom. The molecule has 0 spiro atoms. The van der Waals surface area contributed by atoms with Crippen LogP contribution < -0.4 is 10.1 Å². The summed E-state index contributed by atoms with van der Waals surface area (Å²) in [5.74, 6) is 0.479. The van der Waals surface area contributed by atoms with Crippen molar-refractivity contribution in [3.05, 3.63) is 58.6 Å². The zero-order chi connectivity index (χ0) is 16.1. The van der Waals surface area contributed by atoms with E-state index in [-0.39, 0.29) is 5.91 Å². The van der Waals surface area contributed by atoms with Crippen molar-refractivity contribution in [2.45, 2.75) is 33.3 Å². The molecule has 0 bridgehead atoms. The van der Waals surface area contributed by atoms with E-state index >= 15 is 0 Å². The van der Waals surface area contributed by atoms with Gasteiger partial charge in [0.15, 0.2) is 6.10 Å². The number of rotatable bonds is 5. The Morgan fingerprint density at radius 1 is 1.23 bits per heavy atom. The van der Waals surface area contributed by atoms with Crippen LogP contribution in [0.15, 0.2) is 42.5 Å². The highest BCUT2D eigenvalue weighted by Crippen LogP contribution is 2.21. The minimum absolute atomic E-state index is 0.204. The van der Waals surface area contributed by atoms with Crippen molar-refractivity contribution in [1.29, 1.82) is 0 Å². The lowest BCUT2D eigenvalue weighted by Gasteiger charge is -2.16. The molecule has 0 aliphatic carbocycles. The first-order valence-corrected chi connectivity index (χ1v) is 7.70. The molecule has 1 amide bonds. The maximum Gasteiger partial charge on any atom is 0.265 e. The summed E-state index contributed by atoms with van der Waals surface area (Å²) in [6.45, 7) is 5.74. The van der Waals surface area contributed by atoms with Gasteiger partial charge in [0.05, 0.1) is 0 Å². The molecule has 1 N–H and O–H groups in total. The number of amides is 1. The van der Waals surface area contributed by atoms with Crippen molar-refractivity contribution < 1.29 is 9.53 Å². The zero-order valence-corrected chi connectivity index (χ0v) is 13.8. The molecule has 2 aromatic rings.